The molecule has 1 unspecified atom stereocenters. The molecule has 1 aromatic carbocycles. The summed E-state index contributed by atoms with van der Waals surface area (Å²) in [4.78, 5) is 7.66. The van der Waals surface area contributed by atoms with E-state index in [0.717, 1.165) is 28.8 Å². The molecule has 0 aliphatic carbocycles. The van der Waals surface area contributed by atoms with Crippen molar-refractivity contribution in [2.24, 2.45) is 4.99 Å². The molecule has 0 saturated heterocycles. The molecule has 0 radical (unpaired) electrons. The molecule has 2 rings (SSSR count). The lowest BCUT2D eigenvalue weighted by molar-refractivity contribution is -0.141. The first-order valence-corrected chi connectivity index (χ1v) is 9.12. The lowest BCUT2D eigenvalue weighted by Gasteiger charge is -2.19. The van der Waals surface area contributed by atoms with E-state index in [1.54, 1.807) is 19.9 Å². The normalized spacial score (nSPS) is 13.6. The summed E-state index contributed by atoms with van der Waals surface area (Å²) < 4.78 is 76.4. The maximum absolute atomic E-state index is 12.9. The Labute approximate surface area is 184 Å². The summed E-state index contributed by atoms with van der Waals surface area (Å²) in [7, 11) is 0. The van der Waals surface area contributed by atoms with E-state index in [1.165, 1.54) is 6.07 Å². The van der Waals surface area contributed by atoms with E-state index in [2.05, 4.69) is 20.6 Å². The van der Waals surface area contributed by atoms with Crippen molar-refractivity contribution in [1.82, 2.24) is 15.6 Å². The SMILES string of the molecule is CCNC(=NCc1nc(C(F)(F)F)cs1)NC(C)c1cccc(C(F)(F)F)c1.I. The molecule has 29 heavy (non-hydrogen) atoms. The van der Waals surface area contributed by atoms with Gasteiger partial charge in [-0.25, -0.2) is 9.98 Å². The Morgan fingerprint density at radius 3 is 2.41 bits per heavy atom. The fourth-order valence-corrected chi connectivity index (χ4v) is 2.98. The summed E-state index contributed by atoms with van der Waals surface area (Å²) in [6.45, 7) is 3.82. The van der Waals surface area contributed by atoms with Crippen molar-refractivity contribution in [3.05, 3.63) is 51.5 Å². The quantitative estimate of drug-likeness (QED) is 0.219. The number of nitrogens with zero attached hydrogens (tertiary/aromatic N) is 2. The summed E-state index contributed by atoms with van der Waals surface area (Å²) in [5.41, 5.74) is -1.34. The largest absolute Gasteiger partial charge is 0.434 e. The first-order valence-electron chi connectivity index (χ1n) is 8.24. The summed E-state index contributed by atoms with van der Waals surface area (Å²) in [6, 6.07) is 4.37. The number of rotatable bonds is 5. The van der Waals surface area contributed by atoms with Crippen LogP contribution >= 0.6 is 35.3 Å². The number of nitrogens with one attached hydrogen (secondary N) is 2. The van der Waals surface area contributed by atoms with Gasteiger partial charge in [0, 0.05) is 11.9 Å². The van der Waals surface area contributed by atoms with Crippen LogP contribution in [0.1, 0.15) is 41.7 Å². The molecule has 0 aliphatic heterocycles. The van der Waals surface area contributed by atoms with Crippen molar-refractivity contribution in [2.75, 3.05) is 6.54 Å². The molecule has 0 fully saturated rings. The molecule has 0 saturated carbocycles. The molecule has 0 bridgehead atoms. The van der Waals surface area contributed by atoms with Crippen molar-refractivity contribution >= 4 is 41.3 Å². The average Bonchev–Trinajstić information content (AvgIpc) is 3.08. The van der Waals surface area contributed by atoms with Crippen LogP contribution in [0.5, 0.6) is 0 Å². The molecular formula is C17H19F6IN4S. The fraction of sp³-hybridized carbons (Fsp3) is 0.412. The zero-order valence-corrected chi connectivity index (χ0v) is 18.5. The van der Waals surface area contributed by atoms with E-state index in [1.807, 2.05) is 0 Å². The van der Waals surface area contributed by atoms with E-state index in [0.29, 0.717) is 12.1 Å². The minimum atomic E-state index is -4.51. The van der Waals surface area contributed by atoms with Crippen molar-refractivity contribution in [3.63, 3.8) is 0 Å². The van der Waals surface area contributed by atoms with Gasteiger partial charge in [0.1, 0.15) is 5.01 Å². The predicted octanol–water partition coefficient (Wildman–Crippen LogP) is 5.62. The van der Waals surface area contributed by atoms with E-state index >= 15 is 0 Å². The van der Waals surface area contributed by atoms with Crippen molar-refractivity contribution in [3.8, 4) is 0 Å². The zero-order valence-electron chi connectivity index (χ0n) is 15.4. The number of benzene rings is 1. The highest BCUT2D eigenvalue weighted by Crippen LogP contribution is 2.31. The molecule has 2 aromatic rings. The summed E-state index contributed by atoms with van der Waals surface area (Å²) in [5.74, 6) is 0.260. The predicted molar refractivity (Wildman–Crippen MR) is 110 cm³/mol. The van der Waals surface area contributed by atoms with Crippen LogP contribution in [0.4, 0.5) is 26.3 Å². The topological polar surface area (TPSA) is 49.3 Å². The van der Waals surface area contributed by atoms with Gasteiger partial charge in [-0.15, -0.1) is 35.3 Å². The van der Waals surface area contributed by atoms with Crippen LogP contribution < -0.4 is 10.6 Å². The van der Waals surface area contributed by atoms with E-state index < -0.39 is 29.7 Å². The number of aliphatic imine (C=N–C) groups is 1. The number of alkyl halides is 6. The van der Waals surface area contributed by atoms with Gasteiger partial charge in [0.25, 0.3) is 0 Å². The highest BCUT2D eigenvalue weighted by Gasteiger charge is 2.33. The summed E-state index contributed by atoms with van der Waals surface area (Å²) in [6.07, 6.45) is -8.96. The van der Waals surface area contributed by atoms with Gasteiger partial charge < -0.3 is 10.6 Å². The molecule has 1 atom stereocenters. The van der Waals surface area contributed by atoms with Gasteiger partial charge in [-0.3, -0.25) is 0 Å². The number of aromatic nitrogens is 1. The molecule has 1 heterocycles. The van der Waals surface area contributed by atoms with Gasteiger partial charge in [0.2, 0.25) is 0 Å². The second-order valence-corrected chi connectivity index (χ2v) is 6.75. The van der Waals surface area contributed by atoms with Crippen LogP contribution in [0.3, 0.4) is 0 Å². The van der Waals surface area contributed by atoms with Crippen LogP contribution in [0.15, 0.2) is 34.6 Å². The van der Waals surface area contributed by atoms with Gasteiger partial charge in [-0.2, -0.15) is 26.3 Å². The Kier molecular flexibility index (Phi) is 9.18. The van der Waals surface area contributed by atoms with Crippen molar-refractivity contribution in [1.29, 1.82) is 0 Å². The van der Waals surface area contributed by atoms with Gasteiger partial charge in [-0.1, -0.05) is 12.1 Å². The number of guanidine groups is 1. The third kappa shape index (κ3) is 7.64. The smallest absolute Gasteiger partial charge is 0.357 e. The lowest BCUT2D eigenvalue weighted by Crippen LogP contribution is -2.38. The van der Waals surface area contributed by atoms with Crippen LogP contribution in [-0.2, 0) is 18.9 Å². The molecule has 0 amide bonds. The third-order valence-corrected chi connectivity index (χ3v) is 4.46. The number of hydrogen-bond donors (Lipinski definition) is 2. The maximum atomic E-state index is 12.9. The van der Waals surface area contributed by atoms with Gasteiger partial charge in [0.15, 0.2) is 11.7 Å². The number of hydrogen-bond acceptors (Lipinski definition) is 3. The standard InChI is InChI=1S/C17H18F6N4S.HI/c1-3-24-15(25-8-14-27-13(9-28-14)17(21,22)23)26-10(2)11-5-4-6-12(7-11)16(18,19)20;/h4-7,9-10H,3,8H2,1-2H3,(H2,24,25,26);1H. The van der Waals surface area contributed by atoms with Crippen LogP contribution in [0.2, 0.25) is 0 Å². The molecule has 0 aliphatic rings. The number of thiazole rings is 1. The van der Waals surface area contributed by atoms with E-state index in [-0.39, 0.29) is 41.5 Å². The second-order valence-electron chi connectivity index (χ2n) is 5.81. The Hall–Kier alpha value is -1.57. The maximum Gasteiger partial charge on any atom is 0.434 e. The minimum absolute atomic E-state index is 0. The molecule has 162 valence electrons. The molecule has 1 aromatic heterocycles. The Morgan fingerprint density at radius 1 is 1.17 bits per heavy atom. The molecule has 2 N–H and O–H groups in total. The van der Waals surface area contributed by atoms with Crippen molar-refractivity contribution in [2.45, 2.75) is 38.8 Å². The number of halogens is 7. The molecule has 12 heteroatoms. The highest BCUT2D eigenvalue weighted by molar-refractivity contribution is 14.0. The highest BCUT2D eigenvalue weighted by atomic mass is 127. The zero-order chi connectivity index (χ0) is 20.9. The lowest BCUT2D eigenvalue weighted by atomic mass is 10.1. The first kappa shape index (κ1) is 25.5. The van der Waals surface area contributed by atoms with Gasteiger partial charge in [-0.05, 0) is 31.5 Å². The Bertz CT molecular complexity index is 819. The van der Waals surface area contributed by atoms with E-state index in [4.69, 9.17) is 0 Å². The molecular weight excluding hydrogens is 533 g/mol. The Morgan fingerprint density at radius 2 is 1.86 bits per heavy atom. The summed E-state index contributed by atoms with van der Waals surface area (Å²) >= 11 is 0.838. The average molecular weight is 552 g/mol. The first-order chi connectivity index (χ1) is 13.0. The third-order valence-electron chi connectivity index (χ3n) is 3.63. The molecule has 4 nitrogen and oxygen atoms in total. The van der Waals surface area contributed by atoms with Crippen LogP contribution in [0.25, 0.3) is 0 Å². The van der Waals surface area contributed by atoms with Crippen LogP contribution in [0, 0.1) is 0 Å². The van der Waals surface area contributed by atoms with Gasteiger partial charge >= 0.3 is 12.4 Å². The minimum Gasteiger partial charge on any atom is -0.357 e. The van der Waals surface area contributed by atoms with Crippen molar-refractivity contribution < 1.29 is 26.3 Å². The van der Waals surface area contributed by atoms with E-state index in [9.17, 15) is 26.3 Å². The van der Waals surface area contributed by atoms with Gasteiger partial charge in [0.05, 0.1) is 18.2 Å². The summed E-state index contributed by atoms with van der Waals surface area (Å²) in [5, 5.41) is 6.94. The monoisotopic (exact) mass is 552 g/mol. The fourth-order valence-electron chi connectivity index (χ4n) is 2.25. The van der Waals surface area contributed by atoms with Crippen LogP contribution in [-0.4, -0.2) is 17.5 Å². The molecule has 0 spiro atoms. The second kappa shape index (κ2) is 10.5. The Balaban J connectivity index is 0.00000420.